The third kappa shape index (κ3) is 2.68. The average Bonchev–Trinajstić information content (AvgIpc) is 2.79. The summed E-state index contributed by atoms with van der Waals surface area (Å²) in [5.74, 6) is -0.139. The smallest absolute Gasteiger partial charge is 0.308 e. The van der Waals surface area contributed by atoms with Gasteiger partial charge in [0.25, 0.3) is 0 Å². The van der Waals surface area contributed by atoms with E-state index < -0.39 is 5.91 Å². The summed E-state index contributed by atoms with van der Waals surface area (Å²) in [4.78, 5) is 32.0. The summed E-state index contributed by atoms with van der Waals surface area (Å²) in [6, 6.07) is 5.20. The van der Waals surface area contributed by atoms with Crippen LogP contribution in [0, 0.1) is 0 Å². The van der Waals surface area contributed by atoms with Gasteiger partial charge in [-0.3, -0.25) is 9.36 Å². The van der Waals surface area contributed by atoms with Gasteiger partial charge < -0.3 is 5.32 Å². The Labute approximate surface area is 129 Å². The molecule has 2 aromatic heterocycles. The van der Waals surface area contributed by atoms with Crippen molar-refractivity contribution in [2.24, 2.45) is 7.05 Å². The Hall–Kier alpha value is -2.74. The standard InChI is InChI=1S/C13H11ClN6O2/c1-19-7-16-20(13(19)22)6-11(21)18-10-5-15-12-8(14)3-2-4-9(12)17-10/h2-5,7H,6H2,1H3,(H,17,18,21). The van der Waals surface area contributed by atoms with E-state index >= 15 is 0 Å². The van der Waals surface area contributed by atoms with Crippen LogP contribution in [0.2, 0.25) is 5.02 Å². The van der Waals surface area contributed by atoms with E-state index in [1.807, 2.05) is 0 Å². The summed E-state index contributed by atoms with van der Waals surface area (Å²) >= 11 is 6.00. The van der Waals surface area contributed by atoms with E-state index in [0.717, 1.165) is 4.68 Å². The number of aromatic nitrogens is 5. The third-order valence-corrected chi connectivity index (χ3v) is 3.27. The molecule has 0 radical (unpaired) electrons. The first-order valence-corrected chi connectivity index (χ1v) is 6.72. The van der Waals surface area contributed by atoms with Crippen molar-refractivity contribution in [3.8, 4) is 0 Å². The fraction of sp³-hybridized carbons (Fsp3) is 0.154. The molecule has 0 bridgehead atoms. The Morgan fingerprint density at radius 2 is 2.23 bits per heavy atom. The molecule has 1 amide bonds. The highest BCUT2D eigenvalue weighted by molar-refractivity contribution is 6.34. The van der Waals surface area contributed by atoms with Gasteiger partial charge in [-0.2, -0.15) is 5.10 Å². The molecule has 9 heteroatoms. The van der Waals surface area contributed by atoms with Crippen LogP contribution in [0.4, 0.5) is 5.82 Å². The molecule has 0 aliphatic rings. The van der Waals surface area contributed by atoms with Crippen molar-refractivity contribution in [2.45, 2.75) is 6.54 Å². The number of amides is 1. The number of halogens is 1. The van der Waals surface area contributed by atoms with Gasteiger partial charge in [-0.15, -0.1) is 0 Å². The molecule has 22 heavy (non-hydrogen) atoms. The summed E-state index contributed by atoms with van der Waals surface area (Å²) in [7, 11) is 1.56. The molecule has 0 aliphatic carbocycles. The largest absolute Gasteiger partial charge is 0.345 e. The van der Waals surface area contributed by atoms with Crippen LogP contribution in [0.3, 0.4) is 0 Å². The number of para-hydroxylation sites is 1. The number of aryl methyl sites for hydroxylation is 1. The van der Waals surface area contributed by atoms with Gasteiger partial charge in [0, 0.05) is 7.05 Å². The zero-order valence-electron chi connectivity index (χ0n) is 11.5. The van der Waals surface area contributed by atoms with E-state index in [1.165, 1.54) is 17.1 Å². The number of benzene rings is 1. The van der Waals surface area contributed by atoms with Crippen LogP contribution >= 0.6 is 11.6 Å². The number of nitrogens with one attached hydrogen (secondary N) is 1. The number of anilines is 1. The monoisotopic (exact) mass is 318 g/mol. The molecule has 0 saturated heterocycles. The van der Waals surface area contributed by atoms with Crippen molar-refractivity contribution < 1.29 is 4.79 Å². The minimum Gasteiger partial charge on any atom is -0.308 e. The van der Waals surface area contributed by atoms with Gasteiger partial charge >= 0.3 is 5.69 Å². The average molecular weight is 319 g/mol. The third-order valence-electron chi connectivity index (χ3n) is 2.97. The van der Waals surface area contributed by atoms with Gasteiger partial charge in [-0.05, 0) is 12.1 Å². The summed E-state index contributed by atoms with van der Waals surface area (Å²) in [6.45, 7) is -0.199. The molecule has 0 spiro atoms. The van der Waals surface area contributed by atoms with E-state index in [4.69, 9.17) is 11.6 Å². The molecule has 0 saturated carbocycles. The van der Waals surface area contributed by atoms with Crippen LogP contribution in [0.15, 0.2) is 35.5 Å². The molecule has 1 aromatic carbocycles. The van der Waals surface area contributed by atoms with Crippen LogP contribution in [-0.2, 0) is 18.4 Å². The number of rotatable bonds is 3. The predicted octanol–water partition coefficient (Wildman–Crippen LogP) is 0.817. The maximum absolute atomic E-state index is 11.9. The Kier molecular flexibility index (Phi) is 3.60. The second-order valence-electron chi connectivity index (χ2n) is 4.59. The molecular weight excluding hydrogens is 308 g/mol. The van der Waals surface area contributed by atoms with E-state index in [2.05, 4.69) is 20.4 Å². The SMILES string of the molecule is Cn1cnn(CC(=O)Nc2cnc3c(Cl)cccc3n2)c1=O. The maximum Gasteiger partial charge on any atom is 0.345 e. The van der Waals surface area contributed by atoms with Crippen molar-refractivity contribution in [3.05, 3.63) is 46.2 Å². The molecule has 1 N–H and O–H groups in total. The zero-order chi connectivity index (χ0) is 15.7. The number of fused-ring (bicyclic) bond motifs is 1. The maximum atomic E-state index is 11.9. The second-order valence-corrected chi connectivity index (χ2v) is 5.00. The van der Waals surface area contributed by atoms with Crippen LogP contribution in [0.5, 0.6) is 0 Å². The van der Waals surface area contributed by atoms with E-state index in [9.17, 15) is 9.59 Å². The number of nitrogens with zero attached hydrogens (tertiary/aromatic N) is 5. The zero-order valence-corrected chi connectivity index (χ0v) is 12.3. The van der Waals surface area contributed by atoms with Gasteiger partial charge in [0.05, 0.1) is 16.7 Å². The van der Waals surface area contributed by atoms with Crippen molar-refractivity contribution >= 4 is 34.4 Å². The molecule has 0 atom stereocenters. The first-order chi connectivity index (χ1) is 10.5. The normalized spacial score (nSPS) is 10.8. The second kappa shape index (κ2) is 5.57. The Morgan fingerprint density at radius 3 is 2.95 bits per heavy atom. The van der Waals surface area contributed by atoms with Gasteiger partial charge in [0.15, 0.2) is 5.82 Å². The van der Waals surface area contributed by atoms with Crippen LogP contribution < -0.4 is 11.0 Å². The number of hydrogen-bond donors (Lipinski definition) is 1. The number of carbonyl (C=O) groups excluding carboxylic acids is 1. The van der Waals surface area contributed by atoms with Gasteiger partial charge in [-0.1, -0.05) is 17.7 Å². The Morgan fingerprint density at radius 1 is 1.41 bits per heavy atom. The van der Waals surface area contributed by atoms with Crippen LogP contribution in [0.1, 0.15) is 0 Å². The summed E-state index contributed by atoms with van der Waals surface area (Å²) in [5, 5.41) is 6.87. The molecule has 0 aliphatic heterocycles. The van der Waals surface area contributed by atoms with Gasteiger partial charge in [-0.25, -0.2) is 19.4 Å². The van der Waals surface area contributed by atoms with Gasteiger partial charge in [0.2, 0.25) is 5.91 Å². The van der Waals surface area contributed by atoms with Crippen LogP contribution in [0.25, 0.3) is 11.0 Å². The molecule has 2 heterocycles. The molecule has 112 valence electrons. The van der Waals surface area contributed by atoms with Crippen molar-refractivity contribution in [1.82, 2.24) is 24.3 Å². The molecule has 0 unspecified atom stereocenters. The van der Waals surface area contributed by atoms with E-state index in [1.54, 1.807) is 25.2 Å². The van der Waals surface area contributed by atoms with Crippen LogP contribution in [-0.4, -0.2) is 30.2 Å². The first kappa shape index (κ1) is 14.2. The Bertz CT molecular complexity index is 916. The minimum atomic E-state index is -0.420. The quantitative estimate of drug-likeness (QED) is 0.771. The van der Waals surface area contributed by atoms with E-state index in [0.29, 0.717) is 16.1 Å². The predicted molar refractivity (Wildman–Crippen MR) is 80.6 cm³/mol. The fourth-order valence-corrected chi connectivity index (χ4v) is 2.13. The summed E-state index contributed by atoms with van der Waals surface area (Å²) < 4.78 is 2.34. The highest BCUT2D eigenvalue weighted by Crippen LogP contribution is 2.20. The number of hydrogen-bond acceptors (Lipinski definition) is 5. The molecule has 3 rings (SSSR count). The highest BCUT2D eigenvalue weighted by atomic mass is 35.5. The topological polar surface area (TPSA) is 94.7 Å². The Balaban J connectivity index is 1.79. The van der Waals surface area contributed by atoms with E-state index in [-0.39, 0.29) is 18.1 Å². The lowest BCUT2D eigenvalue weighted by molar-refractivity contribution is -0.117. The minimum absolute atomic E-state index is 0.199. The van der Waals surface area contributed by atoms with Crippen molar-refractivity contribution in [1.29, 1.82) is 0 Å². The lowest BCUT2D eigenvalue weighted by Gasteiger charge is -2.05. The first-order valence-electron chi connectivity index (χ1n) is 6.34. The van der Waals surface area contributed by atoms with Crippen molar-refractivity contribution in [3.63, 3.8) is 0 Å². The summed E-state index contributed by atoms with van der Waals surface area (Å²) in [5.41, 5.74) is 0.759. The van der Waals surface area contributed by atoms with Gasteiger partial charge in [0.1, 0.15) is 18.4 Å². The molecule has 8 nitrogen and oxygen atoms in total. The summed E-state index contributed by atoms with van der Waals surface area (Å²) in [6.07, 6.45) is 2.75. The molecule has 0 fully saturated rings. The highest BCUT2D eigenvalue weighted by Gasteiger charge is 2.10. The fourth-order valence-electron chi connectivity index (χ4n) is 1.91. The lowest BCUT2D eigenvalue weighted by atomic mass is 10.3. The lowest BCUT2D eigenvalue weighted by Crippen LogP contribution is -2.29. The molecule has 3 aromatic rings. The molecular formula is C13H11ClN6O2. The van der Waals surface area contributed by atoms with Crippen molar-refractivity contribution in [2.75, 3.05) is 5.32 Å². The number of carbonyl (C=O) groups is 1.